The lowest BCUT2D eigenvalue weighted by atomic mass is 9.75. The predicted octanol–water partition coefficient (Wildman–Crippen LogP) is 12.4. The minimum Gasteiger partial charge on any atom is -0.490 e. The summed E-state index contributed by atoms with van der Waals surface area (Å²) in [6.45, 7) is 4.14. The minimum absolute atomic E-state index is 0.0697. The molecule has 0 aliphatic heterocycles. The molecule has 0 atom stereocenters. The summed E-state index contributed by atoms with van der Waals surface area (Å²) in [7, 11) is 0. The Kier molecular flexibility index (Phi) is 9.08. The molecule has 4 heterocycles. The van der Waals surface area contributed by atoms with Crippen LogP contribution in [0.3, 0.4) is 0 Å². The van der Waals surface area contributed by atoms with Crippen molar-refractivity contribution in [1.82, 2.24) is 0 Å². The molecule has 0 saturated heterocycles. The van der Waals surface area contributed by atoms with E-state index in [1.807, 2.05) is 121 Å². The maximum atomic E-state index is 10.0. The summed E-state index contributed by atoms with van der Waals surface area (Å²) in [6.07, 6.45) is 0. The van der Waals surface area contributed by atoms with Gasteiger partial charge in [0, 0.05) is 27.0 Å². The summed E-state index contributed by atoms with van der Waals surface area (Å²) >= 11 is 0. The van der Waals surface area contributed by atoms with Crippen molar-refractivity contribution in [3.05, 3.63) is 157 Å². The van der Waals surface area contributed by atoms with E-state index in [9.17, 15) is 10.2 Å². The summed E-state index contributed by atoms with van der Waals surface area (Å²) in [6, 6.07) is 48.1. The van der Waals surface area contributed by atoms with Crippen LogP contribution in [-0.4, -0.2) is 36.6 Å². The molecule has 8 heteroatoms. The van der Waals surface area contributed by atoms with Crippen molar-refractivity contribution in [1.29, 1.82) is 0 Å². The molecule has 4 aromatic heterocycles. The highest BCUT2D eigenvalue weighted by molar-refractivity contribution is 5.92. The van der Waals surface area contributed by atoms with Gasteiger partial charge in [0.05, 0.1) is 35.5 Å². The van der Waals surface area contributed by atoms with Gasteiger partial charge in [0.15, 0.2) is 0 Å². The lowest BCUT2D eigenvalue weighted by molar-refractivity contribution is 0.202. The predicted molar refractivity (Wildman–Crippen MR) is 231 cm³/mol. The Morgan fingerprint density at radius 2 is 0.678 bits per heavy atom. The first-order valence-electron chi connectivity index (χ1n) is 19.7. The van der Waals surface area contributed by atoms with Crippen molar-refractivity contribution < 1.29 is 37.4 Å². The Morgan fingerprint density at radius 1 is 0.407 bits per heavy atom. The van der Waals surface area contributed by atoms with Crippen LogP contribution in [-0.2, 0) is 5.41 Å². The van der Waals surface area contributed by atoms with Crippen LogP contribution < -0.4 is 9.47 Å². The van der Waals surface area contributed by atoms with Gasteiger partial charge in [0.1, 0.15) is 70.1 Å². The Bertz CT molecular complexity index is 2600. The zero-order chi connectivity index (χ0) is 40.1. The van der Waals surface area contributed by atoms with E-state index in [2.05, 4.69) is 38.1 Å². The SMILES string of the molecule is CC(C)(c1cc(-c2cc3ccccc3o2)c(OCCO)c(-c2cc3ccccc3o2)c1)c1cc(-c2cc3ccccc3o2)c(OCCO)c(-c2cc3ccccc3o2)c1. The normalized spacial score (nSPS) is 12.0. The van der Waals surface area contributed by atoms with Crippen molar-refractivity contribution in [2.75, 3.05) is 26.4 Å². The number of para-hydroxylation sites is 4. The van der Waals surface area contributed by atoms with Crippen LogP contribution in [0.1, 0.15) is 25.0 Å². The summed E-state index contributed by atoms with van der Waals surface area (Å²) in [5.74, 6) is 3.55. The molecule has 59 heavy (non-hydrogen) atoms. The Hall–Kier alpha value is -7.00. The van der Waals surface area contributed by atoms with Crippen molar-refractivity contribution >= 4 is 43.9 Å². The van der Waals surface area contributed by atoms with Crippen molar-refractivity contribution in [3.8, 4) is 56.8 Å². The number of fused-ring (bicyclic) bond motifs is 4. The van der Waals surface area contributed by atoms with E-state index < -0.39 is 5.41 Å². The van der Waals surface area contributed by atoms with Crippen LogP contribution in [0.25, 0.3) is 89.2 Å². The molecular weight excluding hydrogens is 741 g/mol. The third-order valence-electron chi connectivity index (χ3n) is 11.1. The first kappa shape index (κ1) is 36.3. The molecule has 0 fully saturated rings. The molecule has 10 rings (SSSR count). The second-order valence-corrected chi connectivity index (χ2v) is 15.2. The number of furan rings is 4. The Labute approximate surface area is 339 Å². The van der Waals surface area contributed by atoms with Gasteiger partial charge in [-0.05, 0) is 83.9 Å². The standard InChI is InChI=1S/C51H40O8/c1-51(2,35-27-37(45-23-31-11-3-7-15-41(31)56-45)49(54-21-19-52)38(28-35)46-24-32-12-4-8-16-42(32)57-46)36-29-39(47-25-33-13-5-9-17-43(33)58-47)50(55-22-20-53)40(30-36)48-26-34-14-6-10-18-44(34)59-48/h3-18,23-30,52-53H,19-22H2,1-2H3. The first-order chi connectivity index (χ1) is 28.9. The second kappa shape index (κ2) is 14.7. The van der Waals surface area contributed by atoms with Gasteiger partial charge in [-0.3, -0.25) is 0 Å². The summed E-state index contributed by atoms with van der Waals surface area (Å²) in [5, 5.41) is 23.8. The average molecular weight is 781 g/mol. The van der Waals surface area contributed by atoms with Crippen LogP contribution in [0.5, 0.6) is 11.5 Å². The van der Waals surface area contributed by atoms with E-state index in [1.165, 1.54) is 0 Å². The van der Waals surface area contributed by atoms with Crippen molar-refractivity contribution in [2.24, 2.45) is 0 Å². The van der Waals surface area contributed by atoms with E-state index in [-0.39, 0.29) is 26.4 Å². The van der Waals surface area contributed by atoms with Gasteiger partial charge >= 0.3 is 0 Å². The van der Waals surface area contributed by atoms with Crippen LogP contribution in [0.15, 0.2) is 163 Å². The fourth-order valence-electron chi connectivity index (χ4n) is 7.94. The molecule has 2 N–H and O–H groups in total. The lowest BCUT2D eigenvalue weighted by Gasteiger charge is -2.30. The minimum atomic E-state index is -0.700. The number of rotatable bonds is 12. The monoisotopic (exact) mass is 780 g/mol. The zero-order valence-electron chi connectivity index (χ0n) is 32.5. The lowest BCUT2D eigenvalue weighted by Crippen LogP contribution is -2.20. The van der Waals surface area contributed by atoms with Crippen molar-refractivity contribution in [2.45, 2.75) is 19.3 Å². The number of hydrogen-bond acceptors (Lipinski definition) is 8. The van der Waals surface area contributed by atoms with Crippen LogP contribution in [0.2, 0.25) is 0 Å². The Balaban J connectivity index is 1.24. The fraction of sp³-hybridized carbons (Fsp3) is 0.137. The number of aliphatic hydroxyl groups excluding tert-OH is 2. The highest BCUT2D eigenvalue weighted by atomic mass is 16.5. The molecule has 0 saturated carbocycles. The molecule has 0 spiro atoms. The Morgan fingerprint density at radius 3 is 0.932 bits per heavy atom. The summed E-state index contributed by atoms with van der Waals surface area (Å²) < 4.78 is 39.0. The molecule has 0 amide bonds. The van der Waals surface area contributed by atoms with Gasteiger partial charge < -0.3 is 37.4 Å². The van der Waals surface area contributed by atoms with Gasteiger partial charge in [-0.1, -0.05) is 86.6 Å². The second-order valence-electron chi connectivity index (χ2n) is 15.2. The first-order valence-corrected chi connectivity index (χ1v) is 19.7. The quantitative estimate of drug-likeness (QED) is 0.126. The smallest absolute Gasteiger partial charge is 0.141 e. The van der Waals surface area contributed by atoms with E-state index in [0.717, 1.165) is 55.0 Å². The van der Waals surface area contributed by atoms with Gasteiger partial charge in [-0.15, -0.1) is 0 Å². The van der Waals surface area contributed by atoms with E-state index in [1.54, 1.807) is 0 Å². The average Bonchev–Trinajstić information content (AvgIpc) is 4.08. The third-order valence-corrected chi connectivity index (χ3v) is 11.1. The molecule has 292 valence electrons. The maximum Gasteiger partial charge on any atom is 0.141 e. The highest BCUT2D eigenvalue weighted by Crippen LogP contribution is 2.50. The fourth-order valence-corrected chi connectivity index (χ4v) is 7.94. The van der Waals surface area contributed by atoms with Gasteiger partial charge in [-0.25, -0.2) is 0 Å². The molecule has 0 radical (unpaired) electrons. The molecule has 0 unspecified atom stereocenters. The molecule has 0 bridgehead atoms. The van der Waals surface area contributed by atoms with E-state index >= 15 is 0 Å². The number of benzene rings is 6. The van der Waals surface area contributed by atoms with Gasteiger partial charge in [0.2, 0.25) is 0 Å². The number of ether oxygens (including phenoxy) is 2. The summed E-state index contributed by atoms with van der Waals surface area (Å²) in [5.41, 5.74) is 7.03. The zero-order valence-corrected chi connectivity index (χ0v) is 32.5. The van der Waals surface area contributed by atoms with Crippen LogP contribution in [0.4, 0.5) is 0 Å². The molecular formula is C51H40O8. The van der Waals surface area contributed by atoms with Gasteiger partial charge in [0.25, 0.3) is 0 Å². The van der Waals surface area contributed by atoms with Gasteiger partial charge in [-0.2, -0.15) is 0 Å². The maximum absolute atomic E-state index is 10.0. The van der Waals surface area contributed by atoms with Crippen LogP contribution >= 0.6 is 0 Å². The largest absolute Gasteiger partial charge is 0.490 e. The topological polar surface area (TPSA) is 111 Å². The molecule has 0 aliphatic carbocycles. The van der Waals surface area contributed by atoms with E-state index in [0.29, 0.717) is 56.8 Å². The van der Waals surface area contributed by atoms with Crippen LogP contribution in [0, 0.1) is 0 Å². The van der Waals surface area contributed by atoms with Crippen molar-refractivity contribution in [3.63, 3.8) is 0 Å². The molecule has 10 aromatic rings. The number of aliphatic hydroxyl groups is 2. The van der Waals surface area contributed by atoms with E-state index in [4.69, 9.17) is 27.1 Å². The molecule has 0 aliphatic rings. The summed E-state index contributed by atoms with van der Waals surface area (Å²) in [4.78, 5) is 0. The third kappa shape index (κ3) is 6.52. The molecule has 6 aromatic carbocycles. The number of hydrogen-bond donors (Lipinski definition) is 2. The molecule has 8 nitrogen and oxygen atoms in total. The highest BCUT2D eigenvalue weighted by Gasteiger charge is 2.32.